The van der Waals surface area contributed by atoms with E-state index in [1.165, 1.54) is 6.07 Å². The zero-order valence-corrected chi connectivity index (χ0v) is 17.9. The summed E-state index contributed by atoms with van der Waals surface area (Å²) in [4.78, 5) is 2.20. The summed E-state index contributed by atoms with van der Waals surface area (Å²) in [6.07, 6.45) is -0.838. The molecule has 1 atom stereocenters. The molecule has 1 fully saturated rings. The van der Waals surface area contributed by atoms with Gasteiger partial charge in [0.15, 0.2) is 0 Å². The second-order valence-electron chi connectivity index (χ2n) is 8.90. The van der Waals surface area contributed by atoms with E-state index in [1.54, 1.807) is 36.6 Å². The van der Waals surface area contributed by atoms with Crippen molar-refractivity contribution in [3.05, 3.63) is 42.1 Å². The summed E-state index contributed by atoms with van der Waals surface area (Å²) in [6.45, 7) is 5.80. The van der Waals surface area contributed by atoms with Gasteiger partial charge in [-0.25, -0.2) is 0 Å². The summed E-state index contributed by atoms with van der Waals surface area (Å²) in [5, 5.41) is 32.2. The van der Waals surface area contributed by atoms with E-state index in [9.17, 15) is 23.4 Å². The Morgan fingerprint density at radius 1 is 1.19 bits per heavy atom. The number of phenolic OH excluding ortho intramolecular Hbond substituents is 1. The molecule has 0 saturated carbocycles. The number of likely N-dealkylation sites (tertiary alicyclic amines) is 1. The van der Waals surface area contributed by atoms with E-state index >= 15 is 0 Å². The van der Waals surface area contributed by atoms with Crippen LogP contribution in [0.15, 0.2) is 36.5 Å². The number of fused-ring (bicyclic) bond motifs is 1. The second kappa shape index (κ2) is 8.25. The first-order chi connectivity index (χ1) is 15.0. The normalized spacial score (nSPS) is 18.2. The maximum atomic E-state index is 12.9. The van der Waals surface area contributed by atoms with Crippen molar-refractivity contribution in [2.24, 2.45) is 0 Å². The van der Waals surface area contributed by atoms with Crippen LogP contribution in [0.5, 0.6) is 5.75 Å². The monoisotopic (exact) mass is 449 g/mol. The van der Waals surface area contributed by atoms with Crippen LogP contribution in [0.2, 0.25) is 0 Å². The molecule has 7 nitrogen and oxygen atoms in total. The number of benzene rings is 1. The topological polar surface area (TPSA) is 85.9 Å². The standard InChI is InChI=1S/C22H26F3N5O2/c1-21(2,32)13-29-9-3-5-15(12-29)26-20-28-27-19(17-6-4-10-30(17)20)16-8-7-14(11-18(16)31)22(23,24)25/h4,6-8,10-11,15,31-32H,3,5,9,12-13H2,1-2H3,(H,26,28)/t15-/m1/s1. The largest absolute Gasteiger partial charge is 0.507 e. The number of halogens is 3. The predicted molar refractivity (Wildman–Crippen MR) is 114 cm³/mol. The number of nitrogens with zero attached hydrogens (tertiary/aromatic N) is 4. The quantitative estimate of drug-likeness (QED) is 0.550. The fourth-order valence-electron chi connectivity index (χ4n) is 4.20. The van der Waals surface area contributed by atoms with Gasteiger partial charge < -0.3 is 15.5 Å². The van der Waals surface area contributed by atoms with Gasteiger partial charge >= 0.3 is 6.18 Å². The fourth-order valence-corrected chi connectivity index (χ4v) is 4.20. The number of anilines is 1. The molecule has 1 aliphatic rings. The van der Waals surface area contributed by atoms with Gasteiger partial charge in [0, 0.05) is 30.9 Å². The molecular weight excluding hydrogens is 423 g/mol. The number of aliphatic hydroxyl groups is 1. The van der Waals surface area contributed by atoms with Gasteiger partial charge in [-0.2, -0.15) is 13.2 Å². The Hall–Kier alpha value is -2.85. The number of hydrogen-bond acceptors (Lipinski definition) is 6. The average Bonchev–Trinajstić information content (AvgIpc) is 3.17. The minimum atomic E-state index is -4.54. The number of β-amino-alcohol motifs (C(OH)–C–C–N with tert-alkyl or cyclic N) is 1. The van der Waals surface area contributed by atoms with Gasteiger partial charge in [-0.1, -0.05) is 0 Å². The average molecular weight is 449 g/mol. The lowest BCUT2D eigenvalue weighted by Gasteiger charge is -2.36. The number of alkyl halides is 3. The molecule has 3 N–H and O–H groups in total. The van der Waals surface area contributed by atoms with Crippen molar-refractivity contribution < 1.29 is 23.4 Å². The molecule has 3 aromatic rings. The van der Waals surface area contributed by atoms with Gasteiger partial charge in [-0.3, -0.25) is 9.30 Å². The number of aromatic nitrogens is 3. The Kier molecular flexibility index (Phi) is 5.76. The molecule has 32 heavy (non-hydrogen) atoms. The predicted octanol–water partition coefficient (Wildman–Crippen LogP) is 3.77. The van der Waals surface area contributed by atoms with Crippen LogP contribution in [0.25, 0.3) is 16.8 Å². The van der Waals surface area contributed by atoms with Gasteiger partial charge in [0.1, 0.15) is 11.4 Å². The number of nitrogens with one attached hydrogen (secondary N) is 1. The lowest BCUT2D eigenvalue weighted by molar-refractivity contribution is -0.137. The number of piperidine rings is 1. The van der Waals surface area contributed by atoms with E-state index in [2.05, 4.69) is 20.4 Å². The van der Waals surface area contributed by atoms with Gasteiger partial charge in [-0.15, -0.1) is 10.2 Å². The molecule has 0 radical (unpaired) electrons. The molecule has 0 unspecified atom stereocenters. The van der Waals surface area contributed by atoms with Crippen molar-refractivity contribution in [2.75, 3.05) is 25.0 Å². The number of hydrogen-bond donors (Lipinski definition) is 3. The van der Waals surface area contributed by atoms with Gasteiger partial charge in [0.05, 0.1) is 16.7 Å². The van der Waals surface area contributed by atoms with E-state index < -0.39 is 23.1 Å². The van der Waals surface area contributed by atoms with E-state index in [1.807, 2.05) is 0 Å². The maximum Gasteiger partial charge on any atom is 0.416 e. The fraction of sp³-hybridized carbons (Fsp3) is 0.455. The Morgan fingerprint density at radius 3 is 2.66 bits per heavy atom. The van der Waals surface area contributed by atoms with Crippen molar-refractivity contribution in [3.63, 3.8) is 0 Å². The Balaban J connectivity index is 1.60. The first-order valence-corrected chi connectivity index (χ1v) is 10.5. The molecule has 4 rings (SSSR count). The third-order valence-electron chi connectivity index (χ3n) is 5.49. The molecule has 0 amide bonds. The summed E-state index contributed by atoms with van der Waals surface area (Å²) in [7, 11) is 0. The summed E-state index contributed by atoms with van der Waals surface area (Å²) in [5.74, 6) is 0.00253. The van der Waals surface area contributed by atoms with E-state index in [0.29, 0.717) is 29.8 Å². The summed E-state index contributed by atoms with van der Waals surface area (Å²) in [5.41, 5.74) is -0.624. The Labute approximate surface area is 183 Å². The highest BCUT2D eigenvalue weighted by Gasteiger charge is 2.31. The molecule has 2 aromatic heterocycles. The first kappa shape index (κ1) is 22.3. The van der Waals surface area contributed by atoms with Crippen molar-refractivity contribution in [3.8, 4) is 17.0 Å². The lowest BCUT2D eigenvalue weighted by Crippen LogP contribution is -2.47. The highest BCUT2D eigenvalue weighted by Crippen LogP contribution is 2.37. The molecule has 172 valence electrons. The zero-order valence-electron chi connectivity index (χ0n) is 17.9. The zero-order chi connectivity index (χ0) is 23.1. The molecule has 1 saturated heterocycles. The van der Waals surface area contributed by atoms with Crippen LogP contribution < -0.4 is 5.32 Å². The molecule has 10 heteroatoms. The molecular formula is C22H26F3N5O2. The number of phenols is 1. The SMILES string of the molecule is CC(C)(O)CN1CCC[C@@H](Nc2nnc(-c3ccc(C(F)(F)F)cc3O)c3cccn23)C1. The number of rotatable bonds is 5. The molecule has 0 spiro atoms. The third kappa shape index (κ3) is 4.81. The van der Waals surface area contributed by atoms with Crippen molar-refractivity contribution in [2.45, 2.75) is 44.5 Å². The van der Waals surface area contributed by atoms with Crippen molar-refractivity contribution in [1.82, 2.24) is 19.5 Å². The van der Waals surface area contributed by atoms with E-state index in [4.69, 9.17) is 0 Å². The molecule has 0 bridgehead atoms. The minimum absolute atomic E-state index is 0.108. The van der Waals surface area contributed by atoms with Crippen LogP contribution in [0.3, 0.4) is 0 Å². The summed E-state index contributed by atoms with van der Waals surface area (Å²) in [6, 6.07) is 6.49. The third-order valence-corrected chi connectivity index (χ3v) is 5.49. The first-order valence-electron chi connectivity index (χ1n) is 10.5. The molecule has 0 aliphatic carbocycles. The highest BCUT2D eigenvalue weighted by molar-refractivity contribution is 5.81. The van der Waals surface area contributed by atoms with Crippen LogP contribution in [0.1, 0.15) is 32.3 Å². The number of aromatic hydroxyl groups is 1. The smallest absolute Gasteiger partial charge is 0.416 e. The van der Waals surface area contributed by atoms with E-state index in [0.717, 1.165) is 32.0 Å². The molecule has 1 aromatic carbocycles. The van der Waals surface area contributed by atoms with Crippen LogP contribution in [0.4, 0.5) is 19.1 Å². The highest BCUT2D eigenvalue weighted by atomic mass is 19.4. The summed E-state index contributed by atoms with van der Waals surface area (Å²) >= 11 is 0. The Morgan fingerprint density at radius 2 is 1.97 bits per heavy atom. The van der Waals surface area contributed by atoms with E-state index in [-0.39, 0.29) is 11.6 Å². The van der Waals surface area contributed by atoms with Gasteiger partial charge in [0.25, 0.3) is 0 Å². The van der Waals surface area contributed by atoms with Gasteiger partial charge in [-0.05, 0) is 63.6 Å². The van der Waals surface area contributed by atoms with Gasteiger partial charge in [0.2, 0.25) is 5.95 Å². The van der Waals surface area contributed by atoms with Crippen LogP contribution in [-0.4, -0.2) is 61.0 Å². The summed E-state index contributed by atoms with van der Waals surface area (Å²) < 4.78 is 40.6. The molecule has 3 heterocycles. The lowest BCUT2D eigenvalue weighted by atomic mass is 10.0. The Bertz CT molecular complexity index is 1110. The second-order valence-corrected chi connectivity index (χ2v) is 8.90. The minimum Gasteiger partial charge on any atom is -0.507 e. The van der Waals surface area contributed by atoms with Crippen molar-refractivity contribution in [1.29, 1.82) is 0 Å². The van der Waals surface area contributed by atoms with Crippen molar-refractivity contribution >= 4 is 11.5 Å². The van der Waals surface area contributed by atoms with Crippen LogP contribution in [0, 0.1) is 0 Å². The van der Waals surface area contributed by atoms with Crippen LogP contribution in [-0.2, 0) is 6.18 Å². The molecule has 1 aliphatic heterocycles. The maximum absolute atomic E-state index is 12.9. The van der Waals surface area contributed by atoms with Crippen LogP contribution >= 0.6 is 0 Å².